The number of halogens is 2. The summed E-state index contributed by atoms with van der Waals surface area (Å²) in [6.07, 6.45) is 1.18. The number of ether oxygens (including phenoxy) is 1. The number of hydrogen-bond donors (Lipinski definition) is 2. The zero-order valence-electron chi connectivity index (χ0n) is 10.4. The van der Waals surface area contributed by atoms with Crippen LogP contribution in [-0.2, 0) is 14.3 Å². The molecule has 7 nitrogen and oxygen atoms in total. The molecule has 0 aliphatic rings. The number of aromatic nitrogens is 1. The van der Waals surface area contributed by atoms with Gasteiger partial charge < -0.3 is 15.4 Å². The number of carbonyl (C=O) groups excluding carboxylic acids is 3. The highest BCUT2D eigenvalue weighted by atomic mass is 35.5. The van der Waals surface area contributed by atoms with Crippen molar-refractivity contribution >= 4 is 41.0 Å². The van der Waals surface area contributed by atoms with Gasteiger partial charge in [0.2, 0.25) is 5.91 Å². The van der Waals surface area contributed by atoms with Gasteiger partial charge in [-0.15, -0.1) is 0 Å². The van der Waals surface area contributed by atoms with Gasteiger partial charge in [0, 0.05) is 13.2 Å². The summed E-state index contributed by atoms with van der Waals surface area (Å²) in [7, 11) is 1.44. The van der Waals surface area contributed by atoms with E-state index in [9.17, 15) is 14.4 Å². The number of nitrogens with one attached hydrogen (secondary N) is 2. The van der Waals surface area contributed by atoms with Crippen LogP contribution in [0.2, 0.25) is 10.2 Å². The summed E-state index contributed by atoms with van der Waals surface area (Å²) in [6, 6.07) is 1.28. The lowest BCUT2D eigenvalue weighted by atomic mass is 10.3. The molecule has 0 aromatic carbocycles. The van der Waals surface area contributed by atoms with Crippen molar-refractivity contribution in [1.82, 2.24) is 15.6 Å². The quantitative estimate of drug-likeness (QED) is 0.605. The van der Waals surface area contributed by atoms with E-state index in [2.05, 4.69) is 15.6 Å². The van der Waals surface area contributed by atoms with Crippen LogP contribution in [0.4, 0.5) is 0 Å². The molecule has 0 aliphatic heterocycles. The molecule has 0 radical (unpaired) electrons. The number of nitrogens with zero attached hydrogens (tertiary/aromatic N) is 1. The predicted octanol–water partition coefficient (Wildman–Crippen LogP) is 0.407. The molecule has 0 bridgehead atoms. The summed E-state index contributed by atoms with van der Waals surface area (Å²) in [4.78, 5) is 37.4. The fraction of sp³-hybridized carbons (Fsp3) is 0.273. The van der Waals surface area contributed by atoms with Crippen molar-refractivity contribution in [2.75, 3.05) is 20.2 Å². The van der Waals surface area contributed by atoms with Gasteiger partial charge in [-0.25, -0.2) is 9.78 Å². The number of esters is 1. The monoisotopic (exact) mass is 319 g/mol. The summed E-state index contributed by atoms with van der Waals surface area (Å²) in [5.74, 6) is -1.74. The Kier molecular flexibility index (Phi) is 6.20. The van der Waals surface area contributed by atoms with E-state index in [1.807, 2.05) is 0 Å². The SMILES string of the molecule is CNC(=O)CNC(=O)COC(=O)c1cnc(Cl)c(Cl)c1. The van der Waals surface area contributed by atoms with Gasteiger partial charge in [0.15, 0.2) is 6.61 Å². The van der Waals surface area contributed by atoms with Gasteiger partial charge in [0.05, 0.1) is 17.1 Å². The summed E-state index contributed by atoms with van der Waals surface area (Å²) < 4.78 is 4.73. The van der Waals surface area contributed by atoms with Crippen LogP contribution in [0.3, 0.4) is 0 Å². The molecule has 20 heavy (non-hydrogen) atoms. The maximum Gasteiger partial charge on any atom is 0.340 e. The number of amides is 2. The first-order chi connectivity index (χ1) is 9.43. The van der Waals surface area contributed by atoms with Gasteiger partial charge >= 0.3 is 5.97 Å². The van der Waals surface area contributed by atoms with Crippen LogP contribution in [0.25, 0.3) is 0 Å². The van der Waals surface area contributed by atoms with Crippen molar-refractivity contribution in [2.45, 2.75) is 0 Å². The van der Waals surface area contributed by atoms with E-state index in [1.54, 1.807) is 0 Å². The lowest BCUT2D eigenvalue weighted by Crippen LogP contribution is -2.37. The predicted molar refractivity (Wildman–Crippen MR) is 71.6 cm³/mol. The second-order valence-electron chi connectivity index (χ2n) is 3.52. The van der Waals surface area contributed by atoms with Crippen molar-refractivity contribution in [2.24, 2.45) is 0 Å². The molecule has 1 aromatic heterocycles. The fourth-order valence-electron chi connectivity index (χ4n) is 1.07. The maximum atomic E-state index is 11.6. The summed E-state index contributed by atoms with van der Waals surface area (Å²) in [5, 5.41) is 4.76. The van der Waals surface area contributed by atoms with E-state index in [1.165, 1.54) is 19.3 Å². The second kappa shape index (κ2) is 7.66. The zero-order valence-corrected chi connectivity index (χ0v) is 11.9. The van der Waals surface area contributed by atoms with Crippen LogP contribution < -0.4 is 10.6 Å². The third-order valence-corrected chi connectivity index (χ3v) is 2.78. The van der Waals surface area contributed by atoms with Crippen LogP contribution in [0.15, 0.2) is 12.3 Å². The number of carbonyl (C=O) groups is 3. The number of hydrogen-bond acceptors (Lipinski definition) is 5. The Balaban J connectivity index is 2.44. The molecule has 0 unspecified atom stereocenters. The summed E-state index contributed by atoms with van der Waals surface area (Å²) >= 11 is 11.3. The average molecular weight is 320 g/mol. The van der Waals surface area contributed by atoms with E-state index in [0.717, 1.165) is 0 Å². The number of pyridine rings is 1. The molecule has 2 amide bonds. The molecule has 0 spiro atoms. The van der Waals surface area contributed by atoms with Crippen molar-refractivity contribution in [3.05, 3.63) is 28.0 Å². The Labute approximate surface area is 124 Å². The average Bonchev–Trinajstić information content (AvgIpc) is 2.44. The lowest BCUT2D eigenvalue weighted by molar-refractivity contribution is -0.127. The van der Waals surface area contributed by atoms with Gasteiger partial charge in [0.1, 0.15) is 5.15 Å². The maximum absolute atomic E-state index is 11.6. The van der Waals surface area contributed by atoms with Crippen molar-refractivity contribution in [1.29, 1.82) is 0 Å². The Morgan fingerprint density at radius 1 is 1.30 bits per heavy atom. The first-order valence-corrected chi connectivity index (χ1v) is 6.15. The van der Waals surface area contributed by atoms with Crippen LogP contribution in [-0.4, -0.2) is 43.0 Å². The standard InChI is InChI=1S/C11H11Cl2N3O4/c1-14-8(17)4-15-9(18)5-20-11(19)6-2-7(12)10(13)16-3-6/h2-3H,4-5H2,1H3,(H,14,17)(H,15,18). The molecule has 1 heterocycles. The van der Waals surface area contributed by atoms with Crippen LogP contribution in [0, 0.1) is 0 Å². The molecule has 1 aromatic rings. The van der Waals surface area contributed by atoms with Crippen LogP contribution in [0.5, 0.6) is 0 Å². The minimum absolute atomic E-state index is 0.0616. The Morgan fingerprint density at radius 2 is 2.00 bits per heavy atom. The number of likely N-dealkylation sites (N-methyl/N-ethyl adjacent to an activating group) is 1. The fourth-order valence-corrected chi connectivity index (χ4v) is 1.34. The summed E-state index contributed by atoms with van der Waals surface area (Å²) in [5.41, 5.74) is 0.0681. The largest absolute Gasteiger partial charge is 0.452 e. The Hall–Kier alpha value is -1.86. The Morgan fingerprint density at radius 3 is 2.60 bits per heavy atom. The van der Waals surface area contributed by atoms with Gasteiger partial charge in [-0.2, -0.15) is 0 Å². The topological polar surface area (TPSA) is 97.4 Å². The first kappa shape index (κ1) is 16.2. The van der Waals surface area contributed by atoms with E-state index in [4.69, 9.17) is 27.9 Å². The van der Waals surface area contributed by atoms with E-state index in [-0.39, 0.29) is 28.2 Å². The van der Waals surface area contributed by atoms with E-state index < -0.39 is 18.5 Å². The molecule has 2 N–H and O–H groups in total. The minimum atomic E-state index is -0.772. The molecule has 0 fully saturated rings. The number of rotatable bonds is 5. The highest BCUT2D eigenvalue weighted by Gasteiger charge is 2.13. The summed E-state index contributed by atoms with van der Waals surface area (Å²) in [6.45, 7) is -0.711. The van der Waals surface area contributed by atoms with Crippen LogP contribution in [0.1, 0.15) is 10.4 Å². The molecule has 9 heteroatoms. The highest BCUT2D eigenvalue weighted by molar-refractivity contribution is 6.41. The minimum Gasteiger partial charge on any atom is -0.452 e. The van der Waals surface area contributed by atoms with Crippen molar-refractivity contribution < 1.29 is 19.1 Å². The zero-order chi connectivity index (χ0) is 15.1. The molecule has 0 saturated carbocycles. The van der Waals surface area contributed by atoms with E-state index in [0.29, 0.717) is 0 Å². The van der Waals surface area contributed by atoms with Gasteiger partial charge in [-0.05, 0) is 6.07 Å². The van der Waals surface area contributed by atoms with Gasteiger partial charge in [-0.1, -0.05) is 23.2 Å². The third-order valence-electron chi connectivity index (χ3n) is 2.09. The molecular formula is C11H11Cl2N3O4. The smallest absolute Gasteiger partial charge is 0.340 e. The molecule has 1 rings (SSSR count). The normalized spacial score (nSPS) is 9.75. The molecule has 0 aliphatic carbocycles. The molecule has 0 saturated heterocycles. The molecule has 0 atom stereocenters. The van der Waals surface area contributed by atoms with Crippen molar-refractivity contribution in [3.63, 3.8) is 0 Å². The van der Waals surface area contributed by atoms with Gasteiger partial charge in [0.25, 0.3) is 5.91 Å². The van der Waals surface area contributed by atoms with E-state index >= 15 is 0 Å². The van der Waals surface area contributed by atoms with Gasteiger partial charge in [-0.3, -0.25) is 9.59 Å². The lowest BCUT2D eigenvalue weighted by Gasteiger charge is -2.06. The Bertz CT molecular complexity index is 536. The molecular weight excluding hydrogens is 309 g/mol. The first-order valence-electron chi connectivity index (χ1n) is 5.39. The second-order valence-corrected chi connectivity index (χ2v) is 4.29. The highest BCUT2D eigenvalue weighted by Crippen LogP contribution is 2.19. The van der Waals surface area contributed by atoms with Crippen LogP contribution >= 0.6 is 23.2 Å². The molecule has 108 valence electrons. The third kappa shape index (κ3) is 5.02. The van der Waals surface area contributed by atoms with Crippen molar-refractivity contribution in [3.8, 4) is 0 Å².